The number of aromatic amines is 1. The number of hydrogen-bond acceptors (Lipinski definition) is 5. The molecule has 2 aromatic carbocycles. The Morgan fingerprint density at radius 2 is 1.78 bits per heavy atom. The van der Waals surface area contributed by atoms with E-state index in [0.29, 0.717) is 46.8 Å². The van der Waals surface area contributed by atoms with E-state index in [1.54, 1.807) is 23.6 Å². The van der Waals surface area contributed by atoms with E-state index in [2.05, 4.69) is 14.9 Å². The average molecular weight is 452 g/mol. The number of aliphatic hydroxyl groups excluding tert-OH is 1. The van der Waals surface area contributed by atoms with Crippen molar-refractivity contribution >= 4 is 21.6 Å². The van der Waals surface area contributed by atoms with Gasteiger partial charge in [-0.2, -0.15) is 0 Å². The zero-order valence-electron chi connectivity index (χ0n) is 18.1. The van der Waals surface area contributed by atoms with Crippen molar-refractivity contribution < 1.29 is 9.50 Å². The number of fused-ring (bicyclic) bond motifs is 1. The molecule has 0 saturated carbocycles. The topological polar surface area (TPSA) is 69.2 Å². The number of nitrogens with zero attached hydrogens (tertiary/aromatic N) is 2. The molecule has 0 unspecified atom stereocenters. The van der Waals surface area contributed by atoms with Gasteiger partial charge in [-0.05, 0) is 17.5 Å². The third-order valence-corrected chi connectivity index (χ3v) is 6.37. The normalized spacial score (nSPS) is 12.7. The highest BCUT2D eigenvalue weighted by Gasteiger charge is 2.19. The van der Waals surface area contributed by atoms with Crippen LogP contribution in [0.5, 0.6) is 0 Å². The number of H-pyrrole nitrogens is 1. The van der Waals surface area contributed by atoms with Gasteiger partial charge in [0.05, 0.1) is 18.0 Å². The van der Waals surface area contributed by atoms with E-state index < -0.39 is 6.10 Å². The largest absolute Gasteiger partial charge is 0.392 e. The van der Waals surface area contributed by atoms with Crippen LogP contribution in [0.15, 0.2) is 64.8 Å². The zero-order valence-corrected chi connectivity index (χ0v) is 18.9. The summed E-state index contributed by atoms with van der Waals surface area (Å²) in [4.78, 5) is 23.2. The molecule has 0 aliphatic rings. The molecule has 4 rings (SSSR count). The number of nitrogens with one attached hydrogen (secondary N) is 1. The molecule has 1 atom stereocenters. The molecule has 0 spiro atoms. The van der Waals surface area contributed by atoms with Crippen molar-refractivity contribution in [3.63, 3.8) is 0 Å². The summed E-state index contributed by atoms with van der Waals surface area (Å²) in [7, 11) is 0. The van der Waals surface area contributed by atoms with E-state index in [4.69, 9.17) is 0 Å². The molecule has 2 aromatic heterocycles. The van der Waals surface area contributed by atoms with Gasteiger partial charge in [-0.25, -0.2) is 9.37 Å². The summed E-state index contributed by atoms with van der Waals surface area (Å²) in [6.45, 7) is 5.42. The molecule has 5 nitrogen and oxygen atoms in total. The molecule has 0 aliphatic carbocycles. The molecule has 166 valence electrons. The molecule has 0 saturated heterocycles. The number of hydrogen-bond donors (Lipinski definition) is 2. The fraction of sp³-hybridized carbons (Fsp3) is 0.280. The SMILES string of the molecule is CC(C)[C@@H](O)CN(Cc1ccccc1)Cc1nc2scc(-c3ccccc3F)c2c(=O)[nH]1. The van der Waals surface area contributed by atoms with E-state index >= 15 is 0 Å². The number of benzene rings is 2. The summed E-state index contributed by atoms with van der Waals surface area (Å²) in [5.74, 6) is 0.270. The fourth-order valence-electron chi connectivity index (χ4n) is 3.66. The number of halogens is 1. The second kappa shape index (κ2) is 9.73. The van der Waals surface area contributed by atoms with Gasteiger partial charge in [-0.15, -0.1) is 11.3 Å². The third-order valence-electron chi connectivity index (χ3n) is 5.49. The monoisotopic (exact) mass is 451 g/mol. The molecule has 7 heteroatoms. The molecule has 0 bridgehead atoms. The lowest BCUT2D eigenvalue weighted by Gasteiger charge is -2.26. The Kier molecular flexibility index (Phi) is 6.79. The van der Waals surface area contributed by atoms with Crippen LogP contribution in [-0.2, 0) is 13.1 Å². The summed E-state index contributed by atoms with van der Waals surface area (Å²) in [6, 6.07) is 16.4. The summed E-state index contributed by atoms with van der Waals surface area (Å²) < 4.78 is 14.3. The van der Waals surface area contributed by atoms with Gasteiger partial charge in [0.15, 0.2) is 0 Å². The van der Waals surface area contributed by atoms with Crippen molar-refractivity contribution in [3.8, 4) is 11.1 Å². The molecular weight excluding hydrogens is 425 g/mol. The van der Waals surface area contributed by atoms with Gasteiger partial charge < -0.3 is 10.1 Å². The van der Waals surface area contributed by atoms with Crippen molar-refractivity contribution in [1.82, 2.24) is 14.9 Å². The van der Waals surface area contributed by atoms with Crippen LogP contribution in [0.4, 0.5) is 4.39 Å². The number of rotatable bonds is 8. The van der Waals surface area contributed by atoms with Crippen molar-refractivity contribution in [2.45, 2.75) is 33.0 Å². The van der Waals surface area contributed by atoms with E-state index in [1.807, 2.05) is 44.2 Å². The highest BCUT2D eigenvalue weighted by atomic mass is 32.1. The molecule has 0 radical (unpaired) electrons. The lowest BCUT2D eigenvalue weighted by molar-refractivity contribution is 0.0689. The standard InChI is InChI=1S/C25H26FN3O2S/c1-16(2)21(30)13-29(12-17-8-4-3-5-9-17)14-22-27-24(31)23-19(15-32-25(23)28-22)18-10-6-7-11-20(18)26/h3-11,15-16,21,30H,12-14H2,1-2H3,(H,27,28,31)/t21-/m0/s1. The predicted molar refractivity (Wildman–Crippen MR) is 127 cm³/mol. The van der Waals surface area contributed by atoms with Gasteiger partial charge in [-0.3, -0.25) is 9.69 Å². The second-order valence-corrected chi connectivity index (χ2v) is 9.15. The Morgan fingerprint density at radius 1 is 1.06 bits per heavy atom. The molecule has 0 amide bonds. The summed E-state index contributed by atoms with van der Waals surface area (Å²) >= 11 is 1.33. The smallest absolute Gasteiger partial charge is 0.260 e. The molecule has 2 heterocycles. The zero-order chi connectivity index (χ0) is 22.7. The Labute approximate surface area is 190 Å². The van der Waals surface area contributed by atoms with Crippen LogP contribution in [0.3, 0.4) is 0 Å². The van der Waals surface area contributed by atoms with Crippen LogP contribution < -0.4 is 5.56 Å². The van der Waals surface area contributed by atoms with Gasteiger partial charge in [0.1, 0.15) is 16.5 Å². The Hall–Kier alpha value is -2.87. The molecule has 0 aliphatic heterocycles. The van der Waals surface area contributed by atoms with Crippen molar-refractivity contribution in [1.29, 1.82) is 0 Å². The van der Waals surface area contributed by atoms with Crippen LogP contribution in [0.2, 0.25) is 0 Å². The van der Waals surface area contributed by atoms with Crippen LogP contribution in [0, 0.1) is 11.7 Å². The van der Waals surface area contributed by atoms with E-state index in [1.165, 1.54) is 17.4 Å². The average Bonchev–Trinajstić information content (AvgIpc) is 3.19. The highest BCUT2D eigenvalue weighted by molar-refractivity contribution is 7.17. The van der Waals surface area contributed by atoms with Crippen molar-refractivity contribution in [3.05, 3.63) is 87.5 Å². The third kappa shape index (κ3) is 4.96. The van der Waals surface area contributed by atoms with Crippen molar-refractivity contribution in [2.24, 2.45) is 5.92 Å². The fourth-order valence-corrected chi connectivity index (χ4v) is 4.62. The first-order valence-electron chi connectivity index (χ1n) is 10.6. The predicted octanol–water partition coefficient (Wildman–Crippen LogP) is 4.81. The lowest BCUT2D eigenvalue weighted by atomic mass is 10.1. The first-order valence-corrected chi connectivity index (χ1v) is 11.5. The number of thiophene rings is 1. The molecule has 0 fully saturated rings. The molecule has 4 aromatic rings. The van der Waals surface area contributed by atoms with E-state index in [9.17, 15) is 14.3 Å². The minimum absolute atomic E-state index is 0.114. The maximum absolute atomic E-state index is 14.3. The quantitative estimate of drug-likeness (QED) is 0.403. The van der Waals surface area contributed by atoms with E-state index in [0.717, 1.165) is 5.56 Å². The minimum Gasteiger partial charge on any atom is -0.392 e. The maximum Gasteiger partial charge on any atom is 0.260 e. The van der Waals surface area contributed by atoms with Crippen LogP contribution >= 0.6 is 11.3 Å². The Balaban J connectivity index is 1.65. The molecule has 2 N–H and O–H groups in total. The van der Waals surface area contributed by atoms with Gasteiger partial charge in [-0.1, -0.05) is 62.4 Å². The van der Waals surface area contributed by atoms with E-state index in [-0.39, 0.29) is 17.3 Å². The number of aromatic nitrogens is 2. The first-order chi connectivity index (χ1) is 15.4. The van der Waals surface area contributed by atoms with Crippen molar-refractivity contribution in [2.75, 3.05) is 6.54 Å². The van der Waals surface area contributed by atoms with Crippen LogP contribution in [0.25, 0.3) is 21.3 Å². The Bertz CT molecular complexity index is 1250. The van der Waals surface area contributed by atoms with Gasteiger partial charge in [0, 0.05) is 29.6 Å². The summed E-state index contributed by atoms with van der Waals surface area (Å²) in [5.41, 5.74) is 1.78. The second-order valence-electron chi connectivity index (χ2n) is 8.29. The summed E-state index contributed by atoms with van der Waals surface area (Å²) in [5, 5.41) is 12.6. The van der Waals surface area contributed by atoms with Crippen LogP contribution in [-0.4, -0.2) is 32.6 Å². The van der Waals surface area contributed by atoms with Gasteiger partial charge in [0.25, 0.3) is 5.56 Å². The van der Waals surface area contributed by atoms with Gasteiger partial charge >= 0.3 is 0 Å². The number of aliphatic hydroxyl groups is 1. The molecule has 32 heavy (non-hydrogen) atoms. The maximum atomic E-state index is 14.3. The summed E-state index contributed by atoms with van der Waals surface area (Å²) in [6.07, 6.45) is -0.497. The molecular formula is C25H26FN3O2S. The lowest BCUT2D eigenvalue weighted by Crippen LogP contribution is -2.35. The van der Waals surface area contributed by atoms with Crippen LogP contribution in [0.1, 0.15) is 25.2 Å². The first kappa shape index (κ1) is 22.3. The van der Waals surface area contributed by atoms with Gasteiger partial charge in [0.2, 0.25) is 0 Å². The Morgan fingerprint density at radius 3 is 2.50 bits per heavy atom. The minimum atomic E-state index is -0.497. The highest BCUT2D eigenvalue weighted by Crippen LogP contribution is 2.32.